The number of carboxylic acid groups (broad SMARTS) is 2. The lowest BCUT2D eigenvalue weighted by Gasteiger charge is -2.27. The van der Waals surface area contributed by atoms with Gasteiger partial charge in [0.05, 0.1) is 25.0 Å². The molecule has 0 rings (SSSR count). The number of hydrogen-bond acceptors (Lipinski definition) is 8. The molecule has 0 bridgehead atoms. The molecule has 6 atom stereocenters. The number of aliphatic carboxylic acids is 2. The molecule has 0 saturated heterocycles. The predicted octanol–water partition coefficient (Wildman–Crippen LogP) is -3.37. The summed E-state index contributed by atoms with van der Waals surface area (Å²) in [7, 11) is 0. The van der Waals surface area contributed by atoms with Gasteiger partial charge in [0, 0.05) is 0 Å². The van der Waals surface area contributed by atoms with Gasteiger partial charge in [-0.2, -0.15) is 0 Å². The van der Waals surface area contributed by atoms with E-state index in [9.17, 15) is 39.0 Å². The SMILES string of the molecule is CCC(C)C(NC(=O)C(NC(=O)C(CC(=O)O)NC(=O)C(N)CC(N)=O)C(C)O)C(=O)O. The number of aliphatic hydroxyl groups is 1. The average molecular weight is 461 g/mol. The van der Waals surface area contributed by atoms with Gasteiger partial charge in [0.15, 0.2) is 0 Å². The average Bonchev–Trinajstić information content (AvgIpc) is 2.67. The molecule has 6 unspecified atom stereocenters. The van der Waals surface area contributed by atoms with Crippen LogP contribution in [0.5, 0.6) is 0 Å². The van der Waals surface area contributed by atoms with Crippen LogP contribution in [0.1, 0.15) is 40.0 Å². The van der Waals surface area contributed by atoms with Gasteiger partial charge < -0.3 is 42.7 Å². The highest BCUT2D eigenvalue weighted by Crippen LogP contribution is 2.09. The van der Waals surface area contributed by atoms with Crippen molar-refractivity contribution < 1.29 is 44.1 Å². The normalized spacial score (nSPS) is 16.4. The van der Waals surface area contributed by atoms with Crippen LogP contribution in [0.2, 0.25) is 0 Å². The lowest BCUT2D eigenvalue weighted by Crippen LogP contribution is -2.60. The number of nitrogens with two attached hydrogens (primary N) is 2. The third-order valence-corrected chi connectivity index (χ3v) is 4.61. The van der Waals surface area contributed by atoms with Gasteiger partial charge in [-0.15, -0.1) is 0 Å². The lowest BCUT2D eigenvalue weighted by atomic mass is 9.98. The zero-order valence-corrected chi connectivity index (χ0v) is 18.0. The highest BCUT2D eigenvalue weighted by Gasteiger charge is 2.34. The van der Waals surface area contributed by atoms with E-state index in [4.69, 9.17) is 16.6 Å². The number of hydrogen-bond donors (Lipinski definition) is 8. The molecule has 32 heavy (non-hydrogen) atoms. The fourth-order valence-electron chi connectivity index (χ4n) is 2.56. The zero-order chi connectivity index (χ0) is 25.2. The Bertz CT molecular complexity index is 728. The van der Waals surface area contributed by atoms with Crippen molar-refractivity contribution in [2.75, 3.05) is 0 Å². The Morgan fingerprint density at radius 1 is 0.844 bits per heavy atom. The Morgan fingerprint density at radius 2 is 1.38 bits per heavy atom. The van der Waals surface area contributed by atoms with E-state index in [0.29, 0.717) is 6.42 Å². The molecule has 0 fully saturated rings. The highest BCUT2D eigenvalue weighted by atomic mass is 16.4. The standard InChI is InChI=1S/C18H31N5O9/c1-4-7(2)13(18(31)32)22-17(30)14(8(3)24)23-16(29)10(6-12(26)27)21-15(28)9(19)5-11(20)25/h7-10,13-14,24H,4-6,19H2,1-3H3,(H2,20,25)(H,21,28)(H,22,30)(H,23,29)(H,26,27)(H,31,32). The Hall–Kier alpha value is -3.26. The summed E-state index contributed by atoms with van der Waals surface area (Å²) in [4.78, 5) is 70.5. The summed E-state index contributed by atoms with van der Waals surface area (Å²) in [5, 5.41) is 34.6. The highest BCUT2D eigenvalue weighted by molar-refractivity contribution is 5.96. The van der Waals surface area contributed by atoms with Crippen molar-refractivity contribution >= 4 is 35.6 Å². The summed E-state index contributed by atoms with van der Waals surface area (Å²) >= 11 is 0. The summed E-state index contributed by atoms with van der Waals surface area (Å²) in [6.45, 7) is 4.45. The molecular weight excluding hydrogens is 430 g/mol. The van der Waals surface area contributed by atoms with Crippen LogP contribution in [0.3, 0.4) is 0 Å². The molecule has 0 saturated carbocycles. The molecule has 14 nitrogen and oxygen atoms in total. The minimum Gasteiger partial charge on any atom is -0.481 e. The third-order valence-electron chi connectivity index (χ3n) is 4.61. The topological polar surface area (TPSA) is 251 Å². The lowest BCUT2D eigenvalue weighted by molar-refractivity contribution is -0.145. The van der Waals surface area contributed by atoms with Crippen molar-refractivity contribution in [1.82, 2.24) is 16.0 Å². The van der Waals surface area contributed by atoms with E-state index in [2.05, 4.69) is 16.0 Å². The smallest absolute Gasteiger partial charge is 0.326 e. The van der Waals surface area contributed by atoms with Crippen LogP contribution < -0.4 is 27.4 Å². The Labute approximate surface area is 184 Å². The van der Waals surface area contributed by atoms with Crippen molar-refractivity contribution in [3.63, 3.8) is 0 Å². The Morgan fingerprint density at radius 3 is 1.78 bits per heavy atom. The van der Waals surface area contributed by atoms with Crippen molar-refractivity contribution in [1.29, 1.82) is 0 Å². The molecule has 0 aliphatic carbocycles. The van der Waals surface area contributed by atoms with E-state index in [1.54, 1.807) is 13.8 Å². The van der Waals surface area contributed by atoms with Crippen molar-refractivity contribution in [2.24, 2.45) is 17.4 Å². The molecule has 10 N–H and O–H groups in total. The van der Waals surface area contributed by atoms with Crippen LogP contribution >= 0.6 is 0 Å². The molecule has 4 amide bonds. The summed E-state index contributed by atoms with van der Waals surface area (Å²) in [6.07, 6.45) is -2.54. The van der Waals surface area contributed by atoms with Crippen LogP contribution in [0.15, 0.2) is 0 Å². The van der Waals surface area contributed by atoms with Crippen molar-refractivity contribution in [3.8, 4) is 0 Å². The van der Waals surface area contributed by atoms with Gasteiger partial charge in [-0.3, -0.25) is 24.0 Å². The zero-order valence-electron chi connectivity index (χ0n) is 18.0. The third kappa shape index (κ3) is 9.70. The second-order valence-corrected chi connectivity index (χ2v) is 7.37. The van der Waals surface area contributed by atoms with Gasteiger partial charge in [-0.1, -0.05) is 20.3 Å². The fourth-order valence-corrected chi connectivity index (χ4v) is 2.56. The van der Waals surface area contributed by atoms with E-state index in [0.717, 1.165) is 6.92 Å². The van der Waals surface area contributed by atoms with Crippen LogP contribution in [-0.2, 0) is 28.8 Å². The van der Waals surface area contributed by atoms with Gasteiger partial charge in [-0.05, 0) is 12.8 Å². The number of primary amides is 1. The van der Waals surface area contributed by atoms with E-state index in [-0.39, 0.29) is 0 Å². The molecule has 0 aliphatic rings. The quantitative estimate of drug-likeness (QED) is 0.127. The van der Waals surface area contributed by atoms with E-state index >= 15 is 0 Å². The number of nitrogens with one attached hydrogen (secondary N) is 3. The number of carbonyl (C=O) groups is 6. The first-order valence-electron chi connectivity index (χ1n) is 9.78. The van der Waals surface area contributed by atoms with Crippen LogP contribution in [0, 0.1) is 5.92 Å². The fraction of sp³-hybridized carbons (Fsp3) is 0.667. The van der Waals surface area contributed by atoms with E-state index in [1.807, 2.05) is 0 Å². The summed E-state index contributed by atoms with van der Waals surface area (Å²) in [5.41, 5.74) is 10.4. The van der Waals surface area contributed by atoms with E-state index < -0.39 is 84.6 Å². The monoisotopic (exact) mass is 461 g/mol. The summed E-state index contributed by atoms with van der Waals surface area (Å²) in [6, 6.07) is -6.11. The minimum absolute atomic E-state index is 0.418. The Balaban J connectivity index is 5.50. The minimum atomic E-state index is -1.71. The second-order valence-electron chi connectivity index (χ2n) is 7.37. The summed E-state index contributed by atoms with van der Waals surface area (Å²) in [5.74, 6) is -7.36. The second kappa shape index (κ2) is 13.2. The maximum absolute atomic E-state index is 12.6. The van der Waals surface area contributed by atoms with Gasteiger partial charge in [-0.25, -0.2) is 4.79 Å². The van der Waals surface area contributed by atoms with Gasteiger partial charge in [0.1, 0.15) is 18.1 Å². The van der Waals surface area contributed by atoms with Gasteiger partial charge in [0.2, 0.25) is 23.6 Å². The van der Waals surface area contributed by atoms with Crippen molar-refractivity contribution in [3.05, 3.63) is 0 Å². The Kier molecular flexibility index (Phi) is 11.9. The van der Waals surface area contributed by atoms with Gasteiger partial charge in [0.25, 0.3) is 0 Å². The molecule has 14 heteroatoms. The molecule has 0 aromatic carbocycles. The molecular formula is C18H31N5O9. The van der Waals surface area contributed by atoms with Crippen molar-refractivity contribution in [2.45, 2.75) is 70.3 Å². The number of carboxylic acids is 2. The first-order chi connectivity index (χ1) is 14.7. The number of carbonyl (C=O) groups excluding carboxylic acids is 4. The summed E-state index contributed by atoms with van der Waals surface area (Å²) < 4.78 is 0. The first-order valence-corrected chi connectivity index (χ1v) is 9.78. The molecule has 0 heterocycles. The number of aliphatic hydroxyl groups excluding tert-OH is 1. The predicted molar refractivity (Wildman–Crippen MR) is 109 cm³/mol. The van der Waals surface area contributed by atoms with Crippen LogP contribution in [0.4, 0.5) is 0 Å². The first kappa shape index (κ1) is 28.7. The van der Waals surface area contributed by atoms with Crippen LogP contribution in [-0.4, -0.2) is 81.2 Å². The number of amides is 4. The maximum Gasteiger partial charge on any atom is 0.326 e. The molecule has 0 spiro atoms. The maximum atomic E-state index is 12.6. The number of rotatable bonds is 14. The van der Waals surface area contributed by atoms with E-state index in [1.165, 1.54) is 0 Å². The molecule has 0 aliphatic heterocycles. The molecule has 0 aromatic rings. The largest absolute Gasteiger partial charge is 0.481 e. The molecule has 0 aromatic heterocycles. The van der Waals surface area contributed by atoms with Crippen LogP contribution in [0.25, 0.3) is 0 Å². The van der Waals surface area contributed by atoms with Gasteiger partial charge >= 0.3 is 11.9 Å². The molecule has 182 valence electrons. The molecule has 0 radical (unpaired) electrons.